The molecular weight excluding hydrogens is 294 g/mol. The Kier molecular flexibility index (Phi) is 4.73. The average molecular weight is 315 g/mol. The molecule has 1 fully saturated rings. The van der Waals surface area contributed by atoms with Crippen molar-refractivity contribution < 1.29 is 14.3 Å². The molecule has 0 unspecified atom stereocenters. The predicted molar refractivity (Wildman–Crippen MR) is 85.7 cm³/mol. The highest BCUT2D eigenvalue weighted by molar-refractivity contribution is 5.94. The number of aromatic nitrogens is 2. The third kappa shape index (κ3) is 3.28. The van der Waals surface area contributed by atoms with Crippen LogP contribution < -0.4 is 0 Å². The van der Waals surface area contributed by atoms with Crippen LogP contribution in [0.15, 0.2) is 43.0 Å². The number of hydrogen-bond acceptors (Lipinski definition) is 4. The van der Waals surface area contributed by atoms with Gasteiger partial charge in [-0.15, -0.1) is 0 Å². The molecule has 0 saturated carbocycles. The predicted octanol–water partition coefficient (Wildman–Crippen LogP) is 1.75. The molecule has 2 heterocycles. The van der Waals surface area contributed by atoms with E-state index >= 15 is 0 Å². The first-order valence-corrected chi connectivity index (χ1v) is 7.64. The van der Waals surface area contributed by atoms with E-state index in [0.717, 1.165) is 12.1 Å². The molecule has 2 atom stereocenters. The van der Waals surface area contributed by atoms with Crippen LogP contribution in [0.5, 0.6) is 0 Å². The number of benzene rings is 1. The lowest BCUT2D eigenvalue weighted by Gasteiger charge is -2.24. The number of nitrogens with zero attached hydrogens (tertiary/aromatic N) is 3. The minimum Gasteiger partial charge on any atom is -0.383 e. The van der Waals surface area contributed by atoms with Gasteiger partial charge in [0.05, 0.1) is 25.1 Å². The molecule has 1 aliphatic heterocycles. The molecule has 1 amide bonds. The monoisotopic (exact) mass is 315 g/mol. The summed E-state index contributed by atoms with van der Waals surface area (Å²) in [5.41, 5.74) is 1.65. The zero-order chi connectivity index (χ0) is 16.2. The summed E-state index contributed by atoms with van der Waals surface area (Å²) < 4.78 is 12.6. The fraction of sp³-hybridized carbons (Fsp3) is 0.412. The Labute approximate surface area is 135 Å². The third-order valence-corrected chi connectivity index (χ3v) is 4.25. The maximum Gasteiger partial charge on any atom is 0.254 e. The molecule has 0 aliphatic carbocycles. The van der Waals surface area contributed by atoms with Gasteiger partial charge >= 0.3 is 0 Å². The van der Waals surface area contributed by atoms with Crippen molar-refractivity contribution in [1.29, 1.82) is 0 Å². The number of rotatable bonds is 5. The van der Waals surface area contributed by atoms with E-state index in [1.807, 2.05) is 39.9 Å². The van der Waals surface area contributed by atoms with Crippen molar-refractivity contribution in [1.82, 2.24) is 14.5 Å². The van der Waals surface area contributed by atoms with Crippen molar-refractivity contribution in [2.45, 2.75) is 18.6 Å². The normalized spacial score (nSPS) is 20.9. The standard InChI is InChI=1S/C17H21N3O3/c1-22-11-15-9-16(23-2)10-20(15)17(21)13-3-5-14(6-4-13)19-8-7-18-12-19/h3-8,12,15-16H,9-11H2,1-2H3/t15-,16-/m0/s1. The topological polar surface area (TPSA) is 56.6 Å². The number of hydrogen-bond donors (Lipinski definition) is 0. The van der Waals surface area contributed by atoms with E-state index in [2.05, 4.69) is 4.98 Å². The van der Waals surface area contributed by atoms with Crippen molar-refractivity contribution in [3.8, 4) is 5.69 Å². The Morgan fingerprint density at radius 1 is 1.30 bits per heavy atom. The van der Waals surface area contributed by atoms with Crippen LogP contribution in [0, 0.1) is 0 Å². The first-order chi connectivity index (χ1) is 11.2. The Morgan fingerprint density at radius 2 is 2.09 bits per heavy atom. The molecule has 6 nitrogen and oxygen atoms in total. The summed E-state index contributed by atoms with van der Waals surface area (Å²) in [5.74, 6) is 0.0174. The number of carbonyl (C=O) groups excluding carboxylic acids is 1. The van der Waals surface area contributed by atoms with Crippen LogP contribution >= 0.6 is 0 Å². The van der Waals surface area contributed by atoms with Crippen LogP contribution in [0.1, 0.15) is 16.8 Å². The molecule has 1 aromatic carbocycles. The highest BCUT2D eigenvalue weighted by Crippen LogP contribution is 2.23. The molecule has 23 heavy (non-hydrogen) atoms. The average Bonchev–Trinajstić information content (AvgIpc) is 3.24. The largest absolute Gasteiger partial charge is 0.383 e. The molecule has 0 spiro atoms. The second-order valence-corrected chi connectivity index (χ2v) is 5.68. The van der Waals surface area contributed by atoms with Crippen molar-refractivity contribution in [2.24, 2.45) is 0 Å². The van der Waals surface area contributed by atoms with Gasteiger partial charge in [-0.25, -0.2) is 4.98 Å². The van der Waals surface area contributed by atoms with Crippen LogP contribution in [0.4, 0.5) is 0 Å². The fourth-order valence-corrected chi connectivity index (χ4v) is 3.00. The van der Waals surface area contributed by atoms with Gasteiger partial charge < -0.3 is 18.9 Å². The Balaban J connectivity index is 1.76. The van der Waals surface area contributed by atoms with Gasteiger partial charge in [-0.05, 0) is 30.7 Å². The maximum atomic E-state index is 12.8. The van der Waals surface area contributed by atoms with Crippen molar-refractivity contribution in [3.63, 3.8) is 0 Å². The van der Waals surface area contributed by atoms with Crippen molar-refractivity contribution in [2.75, 3.05) is 27.4 Å². The Hall–Kier alpha value is -2.18. The summed E-state index contributed by atoms with van der Waals surface area (Å²) in [6, 6.07) is 7.60. The number of amides is 1. The lowest BCUT2D eigenvalue weighted by molar-refractivity contribution is 0.0612. The van der Waals surface area contributed by atoms with Crippen LogP contribution in [-0.4, -0.2) is 59.9 Å². The van der Waals surface area contributed by atoms with E-state index in [1.165, 1.54) is 0 Å². The second kappa shape index (κ2) is 6.93. The van der Waals surface area contributed by atoms with Crippen molar-refractivity contribution >= 4 is 5.91 Å². The van der Waals surface area contributed by atoms with E-state index in [1.54, 1.807) is 26.7 Å². The van der Waals surface area contributed by atoms with E-state index in [-0.39, 0.29) is 18.1 Å². The van der Waals surface area contributed by atoms with Gasteiger partial charge in [-0.1, -0.05) is 0 Å². The zero-order valence-electron chi connectivity index (χ0n) is 13.4. The van der Waals surface area contributed by atoms with Gasteiger partial charge in [0, 0.05) is 44.4 Å². The summed E-state index contributed by atoms with van der Waals surface area (Å²) in [7, 11) is 3.34. The molecule has 1 saturated heterocycles. The summed E-state index contributed by atoms with van der Waals surface area (Å²) in [6.45, 7) is 1.13. The van der Waals surface area contributed by atoms with E-state index in [0.29, 0.717) is 18.7 Å². The van der Waals surface area contributed by atoms with E-state index in [4.69, 9.17) is 9.47 Å². The van der Waals surface area contributed by atoms with Gasteiger partial charge in [0.2, 0.25) is 0 Å². The van der Waals surface area contributed by atoms with Gasteiger partial charge in [0.1, 0.15) is 0 Å². The smallest absolute Gasteiger partial charge is 0.254 e. The van der Waals surface area contributed by atoms with Crippen LogP contribution in [-0.2, 0) is 9.47 Å². The van der Waals surface area contributed by atoms with Gasteiger partial charge in [-0.2, -0.15) is 0 Å². The highest BCUT2D eigenvalue weighted by Gasteiger charge is 2.35. The molecule has 0 radical (unpaired) electrons. The number of carbonyl (C=O) groups is 1. The summed E-state index contributed by atoms with van der Waals surface area (Å²) in [6.07, 6.45) is 6.21. The number of imidazole rings is 1. The molecule has 0 bridgehead atoms. The van der Waals surface area contributed by atoms with Gasteiger partial charge in [0.15, 0.2) is 0 Å². The van der Waals surface area contributed by atoms with Gasteiger partial charge in [-0.3, -0.25) is 4.79 Å². The molecule has 1 aliphatic rings. The second-order valence-electron chi connectivity index (χ2n) is 5.68. The summed E-state index contributed by atoms with van der Waals surface area (Å²) in [4.78, 5) is 18.7. The van der Waals surface area contributed by atoms with Crippen LogP contribution in [0.3, 0.4) is 0 Å². The lowest BCUT2D eigenvalue weighted by Crippen LogP contribution is -2.38. The first-order valence-electron chi connectivity index (χ1n) is 7.64. The minimum atomic E-state index is 0.0174. The Morgan fingerprint density at radius 3 is 2.70 bits per heavy atom. The molecule has 0 N–H and O–H groups in total. The van der Waals surface area contributed by atoms with Crippen LogP contribution in [0.25, 0.3) is 5.69 Å². The molecule has 122 valence electrons. The summed E-state index contributed by atoms with van der Waals surface area (Å²) >= 11 is 0. The minimum absolute atomic E-state index is 0.0174. The molecule has 2 aromatic rings. The molecular formula is C17H21N3O3. The van der Waals surface area contributed by atoms with E-state index < -0.39 is 0 Å². The number of likely N-dealkylation sites (tertiary alicyclic amines) is 1. The third-order valence-electron chi connectivity index (χ3n) is 4.25. The Bertz CT molecular complexity index is 640. The molecule has 3 rings (SSSR count). The van der Waals surface area contributed by atoms with Crippen molar-refractivity contribution in [3.05, 3.63) is 48.5 Å². The zero-order valence-corrected chi connectivity index (χ0v) is 13.4. The SMILES string of the molecule is COC[C@@H]1C[C@H](OC)CN1C(=O)c1ccc(-n2ccnc2)cc1. The fourth-order valence-electron chi connectivity index (χ4n) is 3.00. The summed E-state index contributed by atoms with van der Waals surface area (Å²) in [5, 5.41) is 0. The maximum absolute atomic E-state index is 12.8. The first kappa shape index (κ1) is 15.7. The van der Waals surface area contributed by atoms with Crippen LogP contribution in [0.2, 0.25) is 0 Å². The number of methoxy groups -OCH3 is 2. The lowest BCUT2D eigenvalue weighted by atomic mass is 10.1. The van der Waals surface area contributed by atoms with E-state index in [9.17, 15) is 4.79 Å². The van der Waals surface area contributed by atoms with Gasteiger partial charge in [0.25, 0.3) is 5.91 Å². The quantitative estimate of drug-likeness (QED) is 0.843. The molecule has 6 heteroatoms. The number of ether oxygens (including phenoxy) is 2. The highest BCUT2D eigenvalue weighted by atomic mass is 16.5. The molecule has 1 aromatic heterocycles.